The lowest BCUT2D eigenvalue weighted by atomic mass is 9.99. The van der Waals surface area contributed by atoms with Gasteiger partial charge in [-0.1, -0.05) is 20.3 Å². The van der Waals surface area contributed by atoms with Gasteiger partial charge in [0.1, 0.15) is 0 Å². The Morgan fingerprint density at radius 1 is 1.50 bits per heavy atom. The molecule has 0 saturated carbocycles. The van der Waals surface area contributed by atoms with Crippen molar-refractivity contribution in [3.63, 3.8) is 0 Å². The molecule has 1 amide bonds. The maximum absolute atomic E-state index is 12.0. The molecule has 0 aliphatic carbocycles. The quantitative estimate of drug-likeness (QED) is 0.884. The van der Waals surface area contributed by atoms with Crippen molar-refractivity contribution in [2.24, 2.45) is 18.7 Å². The summed E-state index contributed by atoms with van der Waals surface area (Å²) in [7, 11) is 1.62. The highest BCUT2D eigenvalue weighted by atomic mass is 16.4. The lowest BCUT2D eigenvalue weighted by molar-refractivity contribution is -0.118. The largest absolute Gasteiger partial charge is 0.419 e. The molecule has 0 aliphatic heterocycles. The van der Waals surface area contributed by atoms with Gasteiger partial charge in [-0.25, -0.2) is 4.79 Å². The summed E-state index contributed by atoms with van der Waals surface area (Å²) in [5, 5.41) is 2.76. The monoisotopic (exact) mass is 277 g/mol. The lowest BCUT2D eigenvalue weighted by Gasteiger charge is -2.17. The number of hydrogen-bond donors (Lipinski definition) is 2. The highest BCUT2D eigenvalue weighted by Crippen LogP contribution is 2.18. The van der Waals surface area contributed by atoms with Crippen LogP contribution in [0.15, 0.2) is 27.4 Å². The fourth-order valence-corrected chi connectivity index (χ4v) is 1.94. The van der Waals surface area contributed by atoms with Gasteiger partial charge in [0.05, 0.1) is 11.6 Å². The van der Waals surface area contributed by atoms with E-state index >= 15 is 0 Å². The van der Waals surface area contributed by atoms with E-state index in [-0.39, 0.29) is 11.8 Å². The van der Waals surface area contributed by atoms with Gasteiger partial charge in [-0.2, -0.15) is 0 Å². The summed E-state index contributed by atoms with van der Waals surface area (Å²) in [6.07, 6.45) is 0.837. The van der Waals surface area contributed by atoms with Crippen molar-refractivity contribution in [1.29, 1.82) is 0 Å². The van der Waals surface area contributed by atoms with Gasteiger partial charge in [-0.3, -0.25) is 9.36 Å². The zero-order valence-corrected chi connectivity index (χ0v) is 11.8. The Bertz CT molecular complexity index is 687. The number of fused-ring (bicyclic) bond motifs is 1. The summed E-state index contributed by atoms with van der Waals surface area (Å²) in [4.78, 5) is 23.4. The van der Waals surface area contributed by atoms with Crippen LogP contribution in [0, 0.1) is 5.92 Å². The van der Waals surface area contributed by atoms with Crippen molar-refractivity contribution in [3.8, 4) is 0 Å². The Balaban J connectivity index is 2.24. The van der Waals surface area contributed by atoms with Crippen molar-refractivity contribution in [2.45, 2.75) is 26.3 Å². The molecule has 1 heterocycles. The smallest absolute Gasteiger partial charge is 0.408 e. The predicted molar refractivity (Wildman–Crippen MR) is 77.5 cm³/mol. The lowest BCUT2D eigenvalue weighted by Crippen LogP contribution is -2.40. The van der Waals surface area contributed by atoms with Crippen molar-refractivity contribution >= 4 is 22.7 Å². The van der Waals surface area contributed by atoms with Crippen LogP contribution in [0.1, 0.15) is 20.3 Å². The first kappa shape index (κ1) is 14.3. The average molecular weight is 277 g/mol. The molecule has 2 atom stereocenters. The SMILES string of the molecule is CCC(C)C(N)C(=O)Nc1ccc2oc(=O)n(C)c2c1. The number of hydrogen-bond acceptors (Lipinski definition) is 4. The molecule has 3 N–H and O–H groups in total. The first-order valence-electron chi connectivity index (χ1n) is 6.60. The van der Waals surface area contributed by atoms with Crippen LogP contribution in [-0.2, 0) is 11.8 Å². The summed E-state index contributed by atoms with van der Waals surface area (Å²) in [5.41, 5.74) is 7.59. The molecule has 2 unspecified atom stereocenters. The van der Waals surface area contributed by atoms with E-state index in [1.54, 1.807) is 25.2 Å². The van der Waals surface area contributed by atoms with E-state index in [4.69, 9.17) is 10.2 Å². The summed E-state index contributed by atoms with van der Waals surface area (Å²) in [6.45, 7) is 3.93. The van der Waals surface area contributed by atoms with Gasteiger partial charge < -0.3 is 15.5 Å². The first-order chi connectivity index (χ1) is 9.43. The number of anilines is 1. The summed E-state index contributed by atoms with van der Waals surface area (Å²) < 4.78 is 6.42. The minimum Gasteiger partial charge on any atom is -0.408 e. The topological polar surface area (TPSA) is 90.3 Å². The van der Waals surface area contributed by atoms with Gasteiger partial charge in [-0.05, 0) is 24.1 Å². The van der Waals surface area contributed by atoms with Crippen molar-refractivity contribution < 1.29 is 9.21 Å². The minimum atomic E-state index is -0.552. The Kier molecular flexibility index (Phi) is 3.94. The van der Waals surface area contributed by atoms with E-state index in [9.17, 15) is 9.59 Å². The molecule has 6 heteroatoms. The Morgan fingerprint density at radius 3 is 2.85 bits per heavy atom. The number of aromatic nitrogens is 1. The average Bonchev–Trinajstić information content (AvgIpc) is 2.72. The van der Waals surface area contributed by atoms with Gasteiger partial charge in [0.2, 0.25) is 5.91 Å². The van der Waals surface area contributed by atoms with Crippen molar-refractivity contribution in [1.82, 2.24) is 4.57 Å². The predicted octanol–water partition coefficient (Wildman–Crippen LogP) is 1.44. The second-order valence-corrected chi connectivity index (χ2v) is 5.01. The van der Waals surface area contributed by atoms with Gasteiger partial charge >= 0.3 is 5.76 Å². The number of nitrogens with one attached hydrogen (secondary N) is 1. The Hall–Kier alpha value is -2.08. The third-order valence-corrected chi connectivity index (χ3v) is 3.62. The summed E-state index contributed by atoms with van der Waals surface area (Å²) in [6, 6.07) is 4.48. The van der Waals surface area contributed by atoms with Crippen LogP contribution in [-0.4, -0.2) is 16.5 Å². The fraction of sp³-hybridized carbons (Fsp3) is 0.429. The maximum atomic E-state index is 12.0. The number of oxazole rings is 1. The number of aryl methyl sites for hydroxylation is 1. The van der Waals surface area contributed by atoms with Crippen molar-refractivity contribution in [3.05, 3.63) is 28.7 Å². The van der Waals surface area contributed by atoms with Crippen LogP contribution < -0.4 is 16.8 Å². The van der Waals surface area contributed by atoms with Crippen molar-refractivity contribution in [2.75, 3.05) is 5.32 Å². The molecule has 1 aromatic carbocycles. The normalized spacial score (nSPS) is 14.2. The third-order valence-electron chi connectivity index (χ3n) is 3.62. The Labute approximate surface area is 116 Å². The first-order valence-corrected chi connectivity index (χ1v) is 6.60. The van der Waals surface area contributed by atoms with E-state index in [1.165, 1.54) is 4.57 Å². The number of benzene rings is 1. The number of nitrogens with zero attached hydrogens (tertiary/aromatic N) is 1. The van der Waals surface area contributed by atoms with Crippen LogP contribution in [0.5, 0.6) is 0 Å². The molecule has 0 aliphatic rings. The van der Waals surface area contributed by atoms with Crippen LogP contribution in [0.2, 0.25) is 0 Å². The molecule has 6 nitrogen and oxygen atoms in total. The molecule has 0 radical (unpaired) electrons. The van der Waals surface area contributed by atoms with Crippen LogP contribution in [0.3, 0.4) is 0 Å². The molecule has 2 rings (SSSR count). The standard InChI is InChI=1S/C14H19N3O3/c1-4-8(2)12(15)13(18)16-9-5-6-11-10(7-9)17(3)14(19)20-11/h5-8,12H,4,15H2,1-3H3,(H,16,18). The highest BCUT2D eigenvalue weighted by Gasteiger charge is 2.19. The summed E-state index contributed by atoms with van der Waals surface area (Å²) >= 11 is 0. The molecule has 108 valence electrons. The third kappa shape index (κ3) is 2.60. The molecular weight excluding hydrogens is 258 g/mol. The molecule has 20 heavy (non-hydrogen) atoms. The Morgan fingerprint density at radius 2 is 2.20 bits per heavy atom. The molecule has 0 spiro atoms. The molecule has 0 saturated heterocycles. The number of amides is 1. The molecule has 0 bridgehead atoms. The number of carbonyl (C=O) groups is 1. The second-order valence-electron chi connectivity index (χ2n) is 5.01. The zero-order chi connectivity index (χ0) is 14.9. The zero-order valence-electron chi connectivity index (χ0n) is 11.8. The van der Waals surface area contributed by atoms with E-state index in [2.05, 4.69) is 5.32 Å². The maximum Gasteiger partial charge on any atom is 0.419 e. The van der Waals surface area contributed by atoms with Gasteiger partial charge in [-0.15, -0.1) is 0 Å². The van der Waals surface area contributed by atoms with Gasteiger partial charge in [0.15, 0.2) is 5.58 Å². The van der Waals surface area contributed by atoms with Crippen LogP contribution >= 0.6 is 0 Å². The number of carbonyl (C=O) groups excluding carboxylic acids is 1. The van der Waals surface area contributed by atoms with Crippen LogP contribution in [0.25, 0.3) is 11.1 Å². The van der Waals surface area contributed by atoms with Crippen LogP contribution in [0.4, 0.5) is 5.69 Å². The summed E-state index contributed by atoms with van der Waals surface area (Å²) in [5.74, 6) is -0.552. The number of nitrogens with two attached hydrogens (primary N) is 1. The fourth-order valence-electron chi connectivity index (χ4n) is 1.94. The van der Waals surface area contributed by atoms with E-state index in [0.29, 0.717) is 16.8 Å². The van der Waals surface area contributed by atoms with E-state index in [0.717, 1.165) is 6.42 Å². The molecular formula is C14H19N3O3. The molecule has 2 aromatic rings. The van der Waals surface area contributed by atoms with E-state index < -0.39 is 11.8 Å². The molecule has 1 aromatic heterocycles. The number of rotatable bonds is 4. The second kappa shape index (κ2) is 5.50. The van der Waals surface area contributed by atoms with Gasteiger partial charge in [0, 0.05) is 12.7 Å². The van der Waals surface area contributed by atoms with Gasteiger partial charge in [0.25, 0.3) is 0 Å². The molecule has 0 fully saturated rings. The van der Waals surface area contributed by atoms with E-state index in [1.807, 2.05) is 13.8 Å². The highest BCUT2D eigenvalue weighted by molar-refractivity contribution is 5.96. The minimum absolute atomic E-state index is 0.108.